The maximum atomic E-state index is 14.1. The molecule has 1 aromatic heterocycles. The highest BCUT2D eigenvalue weighted by Crippen LogP contribution is 2.35. The SMILES string of the molecule is Cn1c(N2CCC(=O)NC2=O)cnc1-c1ccc2c(c1)CN(CC1CCC(Oc3c(F)cccc3Cl)CC1)C2. The van der Waals surface area contributed by atoms with Crippen LogP contribution in [0.4, 0.5) is 15.0 Å². The number of rotatable bonds is 6. The Hall–Kier alpha value is -3.43. The van der Waals surface area contributed by atoms with Gasteiger partial charge in [-0.2, -0.15) is 0 Å². The summed E-state index contributed by atoms with van der Waals surface area (Å²) in [7, 11) is 1.89. The number of anilines is 1. The lowest BCUT2D eigenvalue weighted by Gasteiger charge is -2.31. The number of urea groups is 1. The zero-order valence-electron chi connectivity index (χ0n) is 21.8. The molecule has 1 saturated heterocycles. The van der Waals surface area contributed by atoms with Crippen LogP contribution in [0, 0.1) is 11.7 Å². The molecule has 3 amide bonds. The summed E-state index contributed by atoms with van der Waals surface area (Å²) in [5.41, 5.74) is 3.63. The highest BCUT2D eigenvalue weighted by atomic mass is 35.5. The number of hydrogen-bond donors (Lipinski definition) is 1. The number of imidazole rings is 1. The number of halogens is 2. The van der Waals surface area contributed by atoms with Crippen molar-refractivity contribution in [2.75, 3.05) is 18.0 Å². The third kappa shape index (κ3) is 5.25. The van der Waals surface area contributed by atoms with Crippen molar-refractivity contribution < 1.29 is 18.7 Å². The second-order valence-electron chi connectivity index (χ2n) is 10.7. The Bertz CT molecular complexity index is 1400. The Morgan fingerprint density at radius 2 is 1.90 bits per heavy atom. The first kappa shape index (κ1) is 25.8. The highest BCUT2D eigenvalue weighted by molar-refractivity contribution is 6.32. The average Bonchev–Trinajstić information content (AvgIpc) is 3.49. The summed E-state index contributed by atoms with van der Waals surface area (Å²) in [5.74, 6) is 1.53. The van der Waals surface area contributed by atoms with E-state index in [1.54, 1.807) is 23.2 Å². The summed E-state index contributed by atoms with van der Waals surface area (Å²) in [4.78, 5) is 32.5. The lowest BCUT2D eigenvalue weighted by atomic mass is 9.87. The van der Waals surface area contributed by atoms with Crippen molar-refractivity contribution in [3.05, 3.63) is 64.6 Å². The summed E-state index contributed by atoms with van der Waals surface area (Å²) in [6.45, 7) is 3.17. The van der Waals surface area contributed by atoms with Gasteiger partial charge < -0.3 is 9.30 Å². The molecule has 8 nitrogen and oxygen atoms in total. The minimum atomic E-state index is -0.415. The van der Waals surface area contributed by atoms with Crippen LogP contribution in [0.1, 0.15) is 43.2 Å². The number of carbonyl (C=O) groups is 2. The van der Waals surface area contributed by atoms with E-state index >= 15 is 0 Å². The van der Waals surface area contributed by atoms with E-state index in [-0.39, 0.29) is 24.2 Å². The molecular weight excluding hydrogens is 521 g/mol. The van der Waals surface area contributed by atoms with Crippen LogP contribution >= 0.6 is 11.6 Å². The Kier molecular flexibility index (Phi) is 7.03. The van der Waals surface area contributed by atoms with Gasteiger partial charge in [-0.25, -0.2) is 14.2 Å². The van der Waals surface area contributed by atoms with Crippen molar-refractivity contribution in [1.29, 1.82) is 0 Å². The highest BCUT2D eigenvalue weighted by Gasteiger charge is 2.29. The van der Waals surface area contributed by atoms with Crippen molar-refractivity contribution in [2.24, 2.45) is 13.0 Å². The Morgan fingerprint density at radius 3 is 2.67 bits per heavy atom. The molecule has 0 unspecified atom stereocenters. The van der Waals surface area contributed by atoms with E-state index in [1.807, 2.05) is 11.6 Å². The van der Waals surface area contributed by atoms with Gasteiger partial charge in [-0.3, -0.25) is 19.9 Å². The molecule has 10 heteroatoms. The number of nitrogens with zero attached hydrogens (tertiary/aromatic N) is 4. The Morgan fingerprint density at radius 1 is 1.10 bits per heavy atom. The van der Waals surface area contributed by atoms with Crippen LogP contribution in [0.3, 0.4) is 0 Å². The van der Waals surface area contributed by atoms with E-state index < -0.39 is 11.8 Å². The third-order valence-electron chi connectivity index (χ3n) is 8.06. The van der Waals surface area contributed by atoms with Gasteiger partial charge in [0.15, 0.2) is 11.6 Å². The second-order valence-corrected chi connectivity index (χ2v) is 11.1. The van der Waals surface area contributed by atoms with Crippen LogP contribution in [0.15, 0.2) is 42.6 Å². The number of aromatic nitrogens is 2. The summed E-state index contributed by atoms with van der Waals surface area (Å²) >= 11 is 6.13. The molecule has 3 aliphatic rings. The van der Waals surface area contributed by atoms with Gasteiger partial charge in [0.2, 0.25) is 5.91 Å². The van der Waals surface area contributed by atoms with Gasteiger partial charge in [0.1, 0.15) is 11.6 Å². The molecule has 3 heterocycles. The first-order chi connectivity index (χ1) is 18.9. The Labute approximate surface area is 231 Å². The number of para-hydroxylation sites is 1. The molecule has 2 fully saturated rings. The zero-order valence-corrected chi connectivity index (χ0v) is 22.6. The van der Waals surface area contributed by atoms with Gasteiger partial charge in [0.05, 0.1) is 17.3 Å². The maximum Gasteiger partial charge on any atom is 0.329 e. The van der Waals surface area contributed by atoms with Crippen LogP contribution in [0.5, 0.6) is 5.75 Å². The van der Waals surface area contributed by atoms with Crippen LogP contribution in [0.25, 0.3) is 11.4 Å². The molecule has 1 aliphatic carbocycles. The molecule has 0 spiro atoms. The minimum absolute atomic E-state index is 0.00633. The van der Waals surface area contributed by atoms with E-state index in [0.717, 1.165) is 56.7 Å². The number of carbonyl (C=O) groups excluding carboxylic acids is 2. The number of amides is 3. The van der Waals surface area contributed by atoms with Gasteiger partial charge in [-0.15, -0.1) is 0 Å². The number of fused-ring (bicyclic) bond motifs is 1. The number of benzene rings is 2. The lowest BCUT2D eigenvalue weighted by Crippen LogP contribution is -2.50. The maximum absolute atomic E-state index is 14.1. The van der Waals surface area contributed by atoms with Crippen molar-refractivity contribution in [1.82, 2.24) is 19.8 Å². The lowest BCUT2D eigenvalue weighted by molar-refractivity contribution is -0.120. The number of hydrogen-bond acceptors (Lipinski definition) is 5. The third-order valence-corrected chi connectivity index (χ3v) is 8.36. The van der Waals surface area contributed by atoms with Crippen LogP contribution < -0.4 is 15.0 Å². The standard InChI is InChI=1S/C29H31ClFN5O3/c1-34-26(36-12-11-25(37)33-29(36)38)14-32-28(34)19-7-8-20-16-35(17-21(20)13-19)15-18-5-9-22(10-6-18)39-27-23(30)3-2-4-24(27)31/h2-4,7-8,13-14,18,22H,5-6,9-12,15-17H2,1H3,(H,33,37,38). The van der Waals surface area contributed by atoms with Gasteiger partial charge in [0, 0.05) is 45.2 Å². The van der Waals surface area contributed by atoms with E-state index in [9.17, 15) is 14.0 Å². The average molecular weight is 552 g/mol. The largest absolute Gasteiger partial charge is 0.486 e. The quantitative estimate of drug-likeness (QED) is 0.451. The fourth-order valence-electron chi connectivity index (χ4n) is 5.99. The summed E-state index contributed by atoms with van der Waals surface area (Å²) in [5, 5.41) is 2.69. The van der Waals surface area contributed by atoms with Gasteiger partial charge in [-0.05, 0) is 60.9 Å². The van der Waals surface area contributed by atoms with E-state index in [2.05, 4.69) is 33.4 Å². The first-order valence-electron chi connectivity index (χ1n) is 13.4. The molecule has 6 rings (SSSR count). The topological polar surface area (TPSA) is 79.7 Å². The van der Waals surface area contributed by atoms with Crippen LogP contribution in [-0.4, -0.2) is 45.6 Å². The minimum Gasteiger partial charge on any atom is -0.486 e. The van der Waals surface area contributed by atoms with Crippen molar-refractivity contribution in [2.45, 2.75) is 51.3 Å². The molecule has 39 heavy (non-hydrogen) atoms. The summed E-state index contributed by atoms with van der Waals surface area (Å²) in [6.07, 6.45) is 5.82. The van der Waals surface area contributed by atoms with Crippen molar-refractivity contribution in [3.8, 4) is 17.1 Å². The predicted molar refractivity (Wildman–Crippen MR) is 146 cm³/mol. The molecule has 2 aliphatic heterocycles. The number of ether oxygens (including phenoxy) is 1. The second kappa shape index (κ2) is 10.6. The molecule has 3 aromatic rings. The monoisotopic (exact) mass is 551 g/mol. The molecule has 1 saturated carbocycles. The van der Waals surface area contributed by atoms with Crippen LogP contribution in [0.2, 0.25) is 5.02 Å². The van der Waals surface area contributed by atoms with Gasteiger partial charge in [0.25, 0.3) is 0 Å². The fourth-order valence-corrected chi connectivity index (χ4v) is 6.20. The van der Waals surface area contributed by atoms with Gasteiger partial charge >= 0.3 is 6.03 Å². The Balaban J connectivity index is 1.06. The van der Waals surface area contributed by atoms with Gasteiger partial charge in [-0.1, -0.05) is 29.8 Å². The zero-order chi connectivity index (χ0) is 27.1. The van der Waals surface area contributed by atoms with E-state index in [1.165, 1.54) is 17.2 Å². The summed E-state index contributed by atoms with van der Waals surface area (Å²) < 4.78 is 21.9. The van der Waals surface area contributed by atoms with Crippen molar-refractivity contribution >= 4 is 29.4 Å². The summed E-state index contributed by atoms with van der Waals surface area (Å²) in [6, 6.07) is 10.7. The molecule has 0 bridgehead atoms. The smallest absolute Gasteiger partial charge is 0.329 e. The number of nitrogens with one attached hydrogen (secondary N) is 1. The predicted octanol–water partition coefficient (Wildman–Crippen LogP) is 5.28. The molecule has 0 atom stereocenters. The van der Waals surface area contributed by atoms with Crippen LogP contribution in [-0.2, 0) is 24.9 Å². The van der Waals surface area contributed by atoms with E-state index in [4.69, 9.17) is 16.3 Å². The molecule has 2 aromatic carbocycles. The normalized spacial score (nSPS) is 21.7. The number of imide groups is 1. The molecular formula is C29H31ClFN5O3. The first-order valence-corrected chi connectivity index (χ1v) is 13.8. The van der Waals surface area contributed by atoms with E-state index in [0.29, 0.717) is 23.3 Å². The molecule has 204 valence electrons. The molecule has 0 radical (unpaired) electrons. The molecule has 1 N–H and O–H groups in total. The fraction of sp³-hybridized carbons (Fsp3) is 0.414. The van der Waals surface area contributed by atoms with Crippen molar-refractivity contribution in [3.63, 3.8) is 0 Å².